The fourth-order valence-electron chi connectivity index (χ4n) is 9.89. The molecule has 0 N–H and O–H groups in total. The van der Waals surface area contributed by atoms with E-state index in [-0.39, 0.29) is 0 Å². The quantitative estimate of drug-likeness (QED) is 0.136. The summed E-state index contributed by atoms with van der Waals surface area (Å²) in [7, 11) is 0. The molecule has 0 saturated heterocycles. The lowest BCUT2D eigenvalue weighted by molar-refractivity contribution is 0.670. The molecule has 0 unspecified atom stereocenters. The molecule has 0 saturated carbocycles. The number of rotatable bonds is 10. The van der Waals surface area contributed by atoms with Crippen LogP contribution in [-0.2, 0) is 0 Å². The second-order valence-electron chi connectivity index (χ2n) is 18.0. The number of hydrogen-bond donors (Lipinski definition) is 0. The molecule has 0 aliphatic rings. The van der Waals surface area contributed by atoms with E-state index in [0.29, 0.717) is 5.92 Å². The summed E-state index contributed by atoms with van der Waals surface area (Å²) < 4.78 is 6.83. The monoisotopic (exact) mass is 872 g/mol. The summed E-state index contributed by atoms with van der Waals surface area (Å²) in [5.41, 5.74) is 16.7. The van der Waals surface area contributed by atoms with E-state index < -0.39 is 0 Å². The van der Waals surface area contributed by atoms with Crippen molar-refractivity contribution in [2.45, 2.75) is 19.8 Å². The number of nitrogens with zero attached hydrogens (tertiary/aromatic N) is 2. The van der Waals surface area contributed by atoms with Crippen molar-refractivity contribution >= 4 is 77.6 Å². The van der Waals surface area contributed by atoms with Crippen LogP contribution < -0.4 is 9.80 Å². The summed E-state index contributed by atoms with van der Waals surface area (Å²) in [6.45, 7) is 4.49. The summed E-state index contributed by atoms with van der Waals surface area (Å²) in [5, 5.41) is 6.77. The van der Waals surface area contributed by atoms with E-state index in [1.165, 1.54) is 33.4 Å². The van der Waals surface area contributed by atoms with Gasteiger partial charge in [0.2, 0.25) is 0 Å². The van der Waals surface area contributed by atoms with Crippen molar-refractivity contribution in [3.05, 3.63) is 254 Å². The Morgan fingerprint density at radius 1 is 0.309 bits per heavy atom. The Morgan fingerprint density at radius 2 is 0.735 bits per heavy atom. The molecule has 68 heavy (non-hydrogen) atoms. The minimum absolute atomic E-state index is 0.445. The topological polar surface area (TPSA) is 19.6 Å². The lowest BCUT2D eigenvalue weighted by atomic mass is 9.99. The molecule has 11 aromatic carbocycles. The molecule has 0 spiro atoms. The smallest absolute Gasteiger partial charge is 0.136 e. The van der Waals surface area contributed by atoms with Gasteiger partial charge in [-0.15, -0.1) is 0 Å². The van der Waals surface area contributed by atoms with Crippen LogP contribution in [0.2, 0.25) is 0 Å². The standard InChI is InChI=1S/C65H48N2O/c1-44(2)45-29-33-54(34-30-45)66(62-27-14-12-25-58(62)47-19-8-4-9-20-47)56-35-31-50-40-60-61-41-51-32-36-57(39-53(51)43-65(61)68-64(60)42-52(50)38-56)67(55-24-16-23-49(37-55)46-17-6-3-7-18-46)63-28-15-13-26-59(63)48-21-10-5-11-22-48/h3-44H,1-2H3. The first kappa shape index (κ1) is 40.8. The first-order valence-corrected chi connectivity index (χ1v) is 23.5. The van der Waals surface area contributed by atoms with E-state index in [4.69, 9.17) is 4.42 Å². The maximum absolute atomic E-state index is 6.83. The second-order valence-corrected chi connectivity index (χ2v) is 18.0. The summed E-state index contributed by atoms with van der Waals surface area (Å²) >= 11 is 0. The molecule has 12 aromatic rings. The number of benzene rings is 11. The minimum atomic E-state index is 0.445. The lowest BCUT2D eigenvalue weighted by Crippen LogP contribution is -2.11. The Kier molecular flexibility index (Phi) is 10.4. The Hall–Kier alpha value is -8.66. The molecule has 12 rings (SSSR count). The minimum Gasteiger partial charge on any atom is -0.456 e. The third kappa shape index (κ3) is 7.54. The number of para-hydroxylation sites is 2. The third-order valence-corrected chi connectivity index (χ3v) is 13.4. The van der Waals surface area contributed by atoms with Gasteiger partial charge in [0.1, 0.15) is 11.2 Å². The zero-order valence-electron chi connectivity index (χ0n) is 38.1. The van der Waals surface area contributed by atoms with Gasteiger partial charge < -0.3 is 14.2 Å². The van der Waals surface area contributed by atoms with Gasteiger partial charge in [-0.25, -0.2) is 0 Å². The van der Waals surface area contributed by atoms with E-state index >= 15 is 0 Å². The SMILES string of the molecule is CC(C)c1ccc(N(c2ccc3cc4c(cc3c2)oc2cc3cc(N(c5cccc(-c6ccccc6)c5)c5ccccc5-c5ccccc5)ccc3cc24)c2ccccc2-c2ccccc2)cc1. The highest BCUT2D eigenvalue weighted by Gasteiger charge is 2.21. The first-order chi connectivity index (χ1) is 33.5. The van der Waals surface area contributed by atoms with Crippen LogP contribution in [0.3, 0.4) is 0 Å². The largest absolute Gasteiger partial charge is 0.456 e. The Bertz CT molecular complexity index is 3760. The van der Waals surface area contributed by atoms with Gasteiger partial charge in [-0.1, -0.05) is 178 Å². The molecule has 3 nitrogen and oxygen atoms in total. The molecule has 0 atom stereocenters. The lowest BCUT2D eigenvalue weighted by Gasteiger charge is -2.28. The highest BCUT2D eigenvalue weighted by atomic mass is 16.3. The van der Waals surface area contributed by atoms with Crippen LogP contribution in [0, 0.1) is 0 Å². The van der Waals surface area contributed by atoms with Gasteiger partial charge in [0.25, 0.3) is 0 Å². The molecule has 1 heterocycles. The van der Waals surface area contributed by atoms with Crippen LogP contribution >= 0.6 is 0 Å². The van der Waals surface area contributed by atoms with Gasteiger partial charge >= 0.3 is 0 Å². The molecule has 324 valence electrons. The molecule has 1 aromatic heterocycles. The predicted molar refractivity (Wildman–Crippen MR) is 288 cm³/mol. The van der Waals surface area contributed by atoms with E-state index in [2.05, 4.69) is 272 Å². The fraction of sp³-hybridized carbons (Fsp3) is 0.0462. The average Bonchev–Trinajstić information content (AvgIpc) is 3.74. The molecule has 0 bridgehead atoms. The molecular weight excluding hydrogens is 825 g/mol. The molecule has 0 fully saturated rings. The first-order valence-electron chi connectivity index (χ1n) is 23.5. The summed E-state index contributed by atoms with van der Waals surface area (Å²) in [5.74, 6) is 0.445. The van der Waals surface area contributed by atoms with Gasteiger partial charge in [-0.3, -0.25) is 0 Å². The zero-order valence-corrected chi connectivity index (χ0v) is 38.1. The zero-order chi connectivity index (χ0) is 45.6. The highest BCUT2D eigenvalue weighted by molar-refractivity contribution is 6.14. The van der Waals surface area contributed by atoms with E-state index in [0.717, 1.165) is 83.2 Å². The van der Waals surface area contributed by atoms with Crippen molar-refractivity contribution in [3.63, 3.8) is 0 Å². The number of anilines is 6. The van der Waals surface area contributed by atoms with Crippen LogP contribution in [0.15, 0.2) is 253 Å². The average molecular weight is 873 g/mol. The third-order valence-electron chi connectivity index (χ3n) is 13.4. The van der Waals surface area contributed by atoms with Crippen LogP contribution in [0.25, 0.3) is 76.9 Å². The van der Waals surface area contributed by atoms with Gasteiger partial charge in [-0.2, -0.15) is 0 Å². The summed E-state index contributed by atoms with van der Waals surface area (Å²) in [6.07, 6.45) is 0. The summed E-state index contributed by atoms with van der Waals surface area (Å²) in [6, 6.07) is 89.9. The van der Waals surface area contributed by atoms with Crippen molar-refractivity contribution in [1.29, 1.82) is 0 Å². The Labute approximate surface area is 397 Å². The fourth-order valence-corrected chi connectivity index (χ4v) is 9.89. The molecule has 0 aliphatic carbocycles. The number of furan rings is 1. The van der Waals surface area contributed by atoms with Gasteiger partial charge in [0.15, 0.2) is 0 Å². The van der Waals surface area contributed by atoms with Gasteiger partial charge in [0, 0.05) is 44.6 Å². The van der Waals surface area contributed by atoms with E-state index in [1.54, 1.807) is 0 Å². The molecule has 0 aliphatic heterocycles. The van der Waals surface area contributed by atoms with Crippen LogP contribution in [0.5, 0.6) is 0 Å². The number of hydrogen-bond acceptors (Lipinski definition) is 3. The molecule has 0 amide bonds. The van der Waals surface area contributed by atoms with Crippen molar-refractivity contribution in [1.82, 2.24) is 0 Å². The van der Waals surface area contributed by atoms with E-state index in [9.17, 15) is 0 Å². The summed E-state index contributed by atoms with van der Waals surface area (Å²) in [4.78, 5) is 4.78. The maximum Gasteiger partial charge on any atom is 0.136 e. The van der Waals surface area contributed by atoms with Crippen molar-refractivity contribution in [2.75, 3.05) is 9.80 Å². The van der Waals surface area contributed by atoms with E-state index in [1.807, 2.05) is 0 Å². The highest BCUT2D eigenvalue weighted by Crippen LogP contribution is 2.45. The Balaban J connectivity index is 0.976. The second kappa shape index (κ2) is 17.3. The predicted octanol–water partition coefficient (Wildman–Crippen LogP) is 19.0. The number of fused-ring (bicyclic) bond motifs is 5. The molecule has 0 radical (unpaired) electrons. The van der Waals surface area contributed by atoms with Crippen molar-refractivity contribution in [3.8, 4) is 33.4 Å². The van der Waals surface area contributed by atoms with Gasteiger partial charge in [-0.05, 0) is 140 Å². The van der Waals surface area contributed by atoms with Crippen molar-refractivity contribution < 1.29 is 4.42 Å². The van der Waals surface area contributed by atoms with Crippen molar-refractivity contribution in [2.24, 2.45) is 0 Å². The van der Waals surface area contributed by atoms with Crippen LogP contribution in [0.4, 0.5) is 34.1 Å². The van der Waals surface area contributed by atoms with Crippen LogP contribution in [0.1, 0.15) is 25.3 Å². The normalized spacial score (nSPS) is 11.5. The molecular formula is C65H48N2O. The Morgan fingerprint density at radius 3 is 1.25 bits per heavy atom. The maximum atomic E-state index is 6.83. The van der Waals surface area contributed by atoms with Gasteiger partial charge in [0.05, 0.1) is 11.4 Å². The molecule has 3 heteroatoms. The van der Waals surface area contributed by atoms with Crippen LogP contribution in [-0.4, -0.2) is 0 Å².